The van der Waals surface area contributed by atoms with E-state index in [0.717, 1.165) is 25.7 Å². The zero-order chi connectivity index (χ0) is 48.4. The fourth-order valence-corrected chi connectivity index (χ4v) is 15.7. The van der Waals surface area contributed by atoms with Gasteiger partial charge in [-0.2, -0.15) is 0 Å². The summed E-state index contributed by atoms with van der Waals surface area (Å²) >= 11 is 0. The van der Waals surface area contributed by atoms with Gasteiger partial charge in [0.15, 0.2) is 18.9 Å². The normalized spacial score (nSPS) is 54.4. The molecule has 66 heavy (non-hydrogen) atoms. The van der Waals surface area contributed by atoms with E-state index in [2.05, 4.69) is 34.6 Å². The van der Waals surface area contributed by atoms with E-state index in [1.807, 2.05) is 0 Å². The number of aliphatic hydroxyl groups excluding tert-OH is 13. The molecule has 8 fully saturated rings. The molecule has 3 heterocycles. The molecular formula is C47H80O19. The zero-order valence-corrected chi connectivity index (χ0v) is 39.5. The highest BCUT2D eigenvalue weighted by molar-refractivity contribution is 5.33. The van der Waals surface area contributed by atoms with Crippen LogP contribution < -0.4 is 0 Å². The summed E-state index contributed by atoms with van der Waals surface area (Å²) in [6.45, 7) is 12.7. The predicted octanol–water partition coefficient (Wildman–Crippen LogP) is -1.61. The highest BCUT2D eigenvalue weighted by atomic mass is 16.7. The van der Waals surface area contributed by atoms with Gasteiger partial charge in [0.25, 0.3) is 0 Å². The Balaban J connectivity index is 1.04. The molecule has 3 aliphatic heterocycles. The van der Waals surface area contributed by atoms with Crippen molar-refractivity contribution in [1.29, 1.82) is 0 Å². The fraction of sp³-hybridized carbons (Fsp3) is 1.00. The quantitative estimate of drug-likeness (QED) is 0.0924. The Kier molecular flexibility index (Phi) is 14.1. The number of fused-ring (bicyclic) bond motifs is 2. The van der Waals surface area contributed by atoms with Crippen LogP contribution in [0.4, 0.5) is 0 Å². The van der Waals surface area contributed by atoms with E-state index in [4.69, 9.17) is 28.4 Å². The largest absolute Gasteiger partial charge is 0.394 e. The topological polar surface area (TPSA) is 318 Å². The maximum atomic E-state index is 12.3. The second-order valence-corrected chi connectivity index (χ2v) is 23.5. The van der Waals surface area contributed by atoms with Crippen molar-refractivity contribution < 1.29 is 94.8 Å². The zero-order valence-electron chi connectivity index (χ0n) is 39.5. The molecule has 26 atom stereocenters. The van der Waals surface area contributed by atoms with Gasteiger partial charge in [0, 0.05) is 0 Å². The summed E-state index contributed by atoms with van der Waals surface area (Å²) in [4.78, 5) is 0. The Hall–Kier alpha value is -0.760. The summed E-state index contributed by atoms with van der Waals surface area (Å²) < 4.78 is 36.7. The van der Waals surface area contributed by atoms with E-state index in [-0.39, 0.29) is 52.9 Å². The lowest BCUT2D eigenvalue weighted by Gasteiger charge is -2.65. The first-order valence-electron chi connectivity index (χ1n) is 24.4. The minimum Gasteiger partial charge on any atom is -0.394 e. The van der Waals surface area contributed by atoms with Crippen molar-refractivity contribution in [1.82, 2.24) is 0 Å². The monoisotopic (exact) mass is 949 g/mol. The molecule has 3 saturated heterocycles. The van der Waals surface area contributed by atoms with Crippen LogP contribution in [0.25, 0.3) is 0 Å². The molecule has 0 aromatic rings. The van der Waals surface area contributed by atoms with Crippen molar-refractivity contribution in [3.05, 3.63) is 0 Å². The molecule has 0 aromatic carbocycles. The summed E-state index contributed by atoms with van der Waals surface area (Å²) in [6.07, 6.45) is -17.2. The van der Waals surface area contributed by atoms with Crippen LogP contribution in [-0.2, 0) is 28.4 Å². The molecule has 19 heteroatoms. The average molecular weight is 949 g/mol. The SMILES string of the molecule is CC(CCC(O)C(C)(C)OC1OC(CO)C(O)C(O)C1O)C1C(O)CC2(C)C3CC(OC4OC(CO)C(O)C(O)C4O)C4C(C)(C)C(OC5OCC(O)C(O)C5O)CCC45CC35CCC12C. The van der Waals surface area contributed by atoms with Gasteiger partial charge >= 0.3 is 0 Å². The highest BCUT2D eigenvalue weighted by Crippen LogP contribution is 2.89. The Morgan fingerprint density at radius 2 is 1.24 bits per heavy atom. The van der Waals surface area contributed by atoms with E-state index in [9.17, 15) is 66.4 Å². The van der Waals surface area contributed by atoms with Crippen molar-refractivity contribution in [2.45, 2.75) is 222 Å². The van der Waals surface area contributed by atoms with Gasteiger partial charge in [-0.05, 0) is 122 Å². The van der Waals surface area contributed by atoms with E-state index < -0.39 is 140 Å². The third kappa shape index (κ3) is 7.89. The molecule has 0 radical (unpaired) electrons. The summed E-state index contributed by atoms with van der Waals surface area (Å²) in [5.74, 6) is -0.401. The Morgan fingerprint density at radius 3 is 1.86 bits per heavy atom. The van der Waals surface area contributed by atoms with Crippen LogP contribution in [0.1, 0.15) is 106 Å². The molecule has 0 bridgehead atoms. The van der Waals surface area contributed by atoms with Crippen molar-refractivity contribution in [3.8, 4) is 0 Å². The number of aliphatic hydroxyl groups is 13. The standard InChI is InChI=1S/C47H80O19/c1-20(8-9-27(52)43(4,5)66-41-37(60)34(57)32(55)25(17-49)64-41)29-21(50)15-45(7)26-14-23(62-40-36(59)33(56)31(54)24(16-48)63-40)38-42(2,3)28(65-39-35(58)30(53)22(51)18-61-39)10-11-47(38)19-46(26,47)13-12-44(29,45)6/h20-41,48-60H,8-19H2,1-7H3. The number of ether oxygens (including phenoxy) is 6. The third-order valence-electron chi connectivity index (χ3n) is 19.5. The number of hydrogen-bond acceptors (Lipinski definition) is 19. The second kappa shape index (κ2) is 18.1. The van der Waals surface area contributed by atoms with Crippen LogP contribution >= 0.6 is 0 Å². The van der Waals surface area contributed by atoms with Crippen LogP contribution in [-0.4, -0.2) is 202 Å². The number of hydrogen-bond donors (Lipinski definition) is 13. The molecule has 8 aliphatic rings. The van der Waals surface area contributed by atoms with Crippen LogP contribution in [0.3, 0.4) is 0 Å². The minimum atomic E-state index is -1.65. The molecule has 26 unspecified atom stereocenters. The van der Waals surface area contributed by atoms with Gasteiger partial charge in [0.2, 0.25) is 0 Å². The molecule has 19 nitrogen and oxygen atoms in total. The van der Waals surface area contributed by atoms with Gasteiger partial charge in [-0.1, -0.05) is 34.6 Å². The molecule has 5 saturated carbocycles. The summed E-state index contributed by atoms with van der Waals surface area (Å²) in [6, 6.07) is 0. The average Bonchev–Trinajstić information content (AvgIpc) is 3.86. The summed E-state index contributed by atoms with van der Waals surface area (Å²) in [7, 11) is 0. The smallest absolute Gasteiger partial charge is 0.187 e. The predicted molar refractivity (Wildman–Crippen MR) is 228 cm³/mol. The lowest BCUT2D eigenvalue weighted by molar-refractivity contribution is -0.338. The van der Waals surface area contributed by atoms with Gasteiger partial charge in [0.1, 0.15) is 67.1 Å². The highest BCUT2D eigenvalue weighted by Gasteiger charge is 2.85. The van der Waals surface area contributed by atoms with E-state index >= 15 is 0 Å². The van der Waals surface area contributed by atoms with Gasteiger partial charge in [-0.15, -0.1) is 0 Å². The first kappa shape index (κ1) is 51.6. The maximum Gasteiger partial charge on any atom is 0.187 e. The fourth-order valence-electron chi connectivity index (χ4n) is 15.7. The van der Waals surface area contributed by atoms with Gasteiger partial charge in [-0.25, -0.2) is 0 Å². The maximum absolute atomic E-state index is 12.3. The van der Waals surface area contributed by atoms with Crippen LogP contribution in [0.5, 0.6) is 0 Å². The molecule has 13 N–H and O–H groups in total. The van der Waals surface area contributed by atoms with Crippen molar-refractivity contribution in [3.63, 3.8) is 0 Å². The third-order valence-corrected chi connectivity index (χ3v) is 19.5. The molecule has 0 amide bonds. The molecule has 5 aliphatic carbocycles. The molecule has 0 aromatic heterocycles. The van der Waals surface area contributed by atoms with Crippen LogP contribution in [0.2, 0.25) is 0 Å². The van der Waals surface area contributed by atoms with Crippen molar-refractivity contribution >= 4 is 0 Å². The summed E-state index contributed by atoms with van der Waals surface area (Å²) in [5, 5.41) is 139. The Morgan fingerprint density at radius 1 is 0.652 bits per heavy atom. The van der Waals surface area contributed by atoms with Crippen molar-refractivity contribution in [2.24, 2.45) is 50.7 Å². The van der Waals surface area contributed by atoms with Gasteiger partial charge in [0.05, 0.1) is 49.8 Å². The molecule has 382 valence electrons. The Bertz CT molecular complexity index is 1700. The number of rotatable bonds is 13. The van der Waals surface area contributed by atoms with E-state index in [1.54, 1.807) is 13.8 Å². The Labute approximate surface area is 386 Å². The molecule has 8 rings (SSSR count). The lowest BCUT2D eigenvalue weighted by atomic mass is 9.41. The lowest BCUT2D eigenvalue weighted by Crippen LogP contribution is -2.65. The van der Waals surface area contributed by atoms with Crippen LogP contribution in [0.15, 0.2) is 0 Å². The van der Waals surface area contributed by atoms with E-state index in [0.29, 0.717) is 25.7 Å². The van der Waals surface area contributed by atoms with Crippen LogP contribution in [0, 0.1) is 50.7 Å². The van der Waals surface area contributed by atoms with Gasteiger partial charge < -0.3 is 94.8 Å². The first-order chi connectivity index (χ1) is 30.8. The first-order valence-corrected chi connectivity index (χ1v) is 24.4. The van der Waals surface area contributed by atoms with Crippen molar-refractivity contribution in [2.75, 3.05) is 19.8 Å². The molecular weight excluding hydrogens is 868 g/mol. The molecule has 2 spiro atoms. The van der Waals surface area contributed by atoms with Gasteiger partial charge in [-0.3, -0.25) is 0 Å². The second-order valence-electron chi connectivity index (χ2n) is 23.5. The van der Waals surface area contributed by atoms with E-state index in [1.165, 1.54) is 0 Å². The minimum absolute atomic E-state index is 0.0339. The summed E-state index contributed by atoms with van der Waals surface area (Å²) in [5.41, 5.74) is -3.12.